The highest BCUT2D eigenvalue weighted by Gasteiger charge is 2.17. The highest BCUT2D eigenvalue weighted by molar-refractivity contribution is 7.92. The van der Waals surface area contributed by atoms with Crippen LogP contribution in [0.5, 0.6) is 0 Å². The third kappa shape index (κ3) is 4.39. The lowest BCUT2D eigenvalue weighted by atomic mass is 10.1. The first-order valence-corrected chi connectivity index (χ1v) is 9.96. The van der Waals surface area contributed by atoms with Crippen LogP contribution in [-0.4, -0.2) is 30.8 Å². The van der Waals surface area contributed by atoms with Crippen molar-refractivity contribution in [3.63, 3.8) is 0 Å². The molecule has 8 nitrogen and oxygen atoms in total. The standard InChI is InChI=1S/C17H15ClN4O4S/c1-27(25,26)22-13-9-11(7-8-12(13)18)16(23)19-15-14(20-21-17(15)24)10-5-3-2-4-6-10/h2-9,22H,1H3,(H,19,23)(H2,20,21,24). The van der Waals surface area contributed by atoms with Gasteiger partial charge in [0.15, 0.2) is 0 Å². The average molecular weight is 407 g/mol. The topological polar surface area (TPSA) is 124 Å². The molecule has 0 bridgehead atoms. The monoisotopic (exact) mass is 406 g/mol. The van der Waals surface area contributed by atoms with Crippen LogP contribution < -0.4 is 15.6 Å². The summed E-state index contributed by atoms with van der Waals surface area (Å²) >= 11 is 5.96. The highest BCUT2D eigenvalue weighted by Crippen LogP contribution is 2.26. The summed E-state index contributed by atoms with van der Waals surface area (Å²) in [5.41, 5.74) is 0.895. The van der Waals surface area contributed by atoms with Crippen molar-refractivity contribution in [3.05, 3.63) is 69.5 Å². The molecule has 1 amide bonds. The van der Waals surface area contributed by atoms with Crippen molar-refractivity contribution < 1.29 is 13.2 Å². The number of halogens is 1. The molecule has 0 unspecified atom stereocenters. The fourth-order valence-corrected chi connectivity index (χ4v) is 3.22. The Balaban J connectivity index is 1.92. The van der Waals surface area contributed by atoms with Crippen molar-refractivity contribution in [3.8, 4) is 11.3 Å². The summed E-state index contributed by atoms with van der Waals surface area (Å²) in [5.74, 6) is -0.592. The molecule has 1 heterocycles. The molecule has 140 valence electrons. The predicted octanol–water partition coefficient (Wildman–Crippen LogP) is 2.65. The molecular formula is C17H15ClN4O4S. The Hall–Kier alpha value is -3.04. The first-order valence-electron chi connectivity index (χ1n) is 7.69. The number of nitrogens with one attached hydrogen (secondary N) is 4. The lowest BCUT2D eigenvalue weighted by Crippen LogP contribution is -2.18. The van der Waals surface area contributed by atoms with E-state index in [0.29, 0.717) is 11.3 Å². The van der Waals surface area contributed by atoms with Gasteiger partial charge in [-0.3, -0.25) is 24.5 Å². The van der Waals surface area contributed by atoms with Crippen molar-refractivity contribution in [1.82, 2.24) is 10.2 Å². The molecule has 0 saturated heterocycles. The molecule has 2 aromatic carbocycles. The second-order valence-electron chi connectivity index (χ2n) is 5.72. The smallest absolute Gasteiger partial charge is 0.288 e. The predicted molar refractivity (Wildman–Crippen MR) is 105 cm³/mol. The number of hydrogen-bond acceptors (Lipinski definition) is 4. The van der Waals surface area contributed by atoms with Crippen LogP contribution in [0.1, 0.15) is 10.4 Å². The van der Waals surface area contributed by atoms with Gasteiger partial charge in [0, 0.05) is 11.1 Å². The first-order chi connectivity index (χ1) is 12.7. The molecule has 0 saturated carbocycles. The maximum Gasteiger partial charge on any atom is 0.288 e. The van der Waals surface area contributed by atoms with Crippen LogP contribution in [0.2, 0.25) is 5.02 Å². The van der Waals surface area contributed by atoms with Crippen LogP contribution in [0.4, 0.5) is 11.4 Å². The van der Waals surface area contributed by atoms with Crippen molar-refractivity contribution in [2.75, 3.05) is 16.3 Å². The van der Waals surface area contributed by atoms with Gasteiger partial charge in [-0.1, -0.05) is 41.9 Å². The zero-order valence-electron chi connectivity index (χ0n) is 14.0. The van der Waals surface area contributed by atoms with E-state index < -0.39 is 21.5 Å². The molecule has 0 radical (unpaired) electrons. The Labute approximate surface area is 159 Å². The quantitative estimate of drug-likeness (QED) is 0.520. The highest BCUT2D eigenvalue weighted by atomic mass is 35.5. The van der Waals surface area contributed by atoms with Gasteiger partial charge in [-0.2, -0.15) is 0 Å². The van der Waals surface area contributed by atoms with Gasteiger partial charge in [0.1, 0.15) is 5.69 Å². The normalized spacial score (nSPS) is 11.2. The van der Waals surface area contributed by atoms with Gasteiger partial charge in [0.2, 0.25) is 10.0 Å². The molecule has 0 atom stereocenters. The Morgan fingerprint density at radius 3 is 2.44 bits per heavy atom. The average Bonchev–Trinajstić information content (AvgIpc) is 2.97. The number of rotatable bonds is 5. The summed E-state index contributed by atoms with van der Waals surface area (Å²) in [4.78, 5) is 24.7. The largest absolute Gasteiger partial charge is 0.316 e. The van der Waals surface area contributed by atoms with E-state index in [4.69, 9.17) is 11.6 Å². The number of amides is 1. The van der Waals surface area contributed by atoms with Crippen LogP contribution in [0, 0.1) is 0 Å². The lowest BCUT2D eigenvalue weighted by Gasteiger charge is -2.09. The van der Waals surface area contributed by atoms with E-state index in [-0.39, 0.29) is 22.0 Å². The van der Waals surface area contributed by atoms with E-state index in [9.17, 15) is 18.0 Å². The number of carbonyl (C=O) groups excluding carboxylic acids is 1. The molecule has 1 aromatic heterocycles. The number of sulfonamides is 1. The zero-order chi connectivity index (χ0) is 19.6. The summed E-state index contributed by atoms with van der Waals surface area (Å²) in [7, 11) is -3.57. The molecule has 4 N–H and O–H groups in total. The molecule has 3 aromatic rings. The second kappa shape index (κ2) is 7.29. The van der Waals surface area contributed by atoms with Crippen molar-refractivity contribution in [1.29, 1.82) is 0 Å². The molecule has 0 spiro atoms. The Bertz CT molecular complexity index is 1150. The Kier molecular flexibility index (Phi) is 5.06. The number of carbonyl (C=O) groups is 1. The van der Waals surface area contributed by atoms with Crippen molar-refractivity contribution >= 4 is 38.9 Å². The molecule has 3 rings (SSSR count). The number of anilines is 2. The minimum absolute atomic E-state index is 0.0544. The zero-order valence-corrected chi connectivity index (χ0v) is 15.6. The van der Waals surface area contributed by atoms with Crippen LogP contribution in [0.25, 0.3) is 11.3 Å². The first kappa shape index (κ1) is 18.7. The van der Waals surface area contributed by atoms with E-state index in [2.05, 4.69) is 20.2 Å². The maximum absolute atomic E-state index is 12.6. The van der Waals surface area contributed by atoms with E-state index in [1.54, 1.807) is 24.3 Å². The second-order valence-corrected chi connectivity index (χ2v) is 7.87. The fraction of sp³-hybridized carbons (Fsp3) is 0.0588. The van der Waals surface area contributed by atoms with Gasteiger partial charge >= 0.3 is 0 Å². The molecule has 0 aliphatic heterocycles. The van der Waals surface area contributed by atoms with Gasteiger partial charge in [0.05, 0.1) is 22.7 Å². The van der Waals surface area contributed by atoms with E-state index in [0.717, 1.165) is 6.26 Å². The molecular weight excluding hydrogens is 392 g/mol. The molecule has 10 heteroatoms. The minimum Gasteiger partial charge on any atom is -0.316 e. The van der Waals surface area contributed by atoms with Crippen molar-refractivity contribution in [2.45, 2.75) is 0 Å². The van der Waals surface area contributed by atoms with Gasteiger partial charge in [-0.05, 0) is 18.2 Å². The lowest BCUT2D eigenvalue weighted by molar-refractivity contribution is 0.102. The summed E-state index contributed by atoms with van der Waals surface area (Å²) in [6.45, 7) is 0. The van der Waals surface area contributed by atoms with E-state index in [1.807, 2.05) is 6.07 Å². The number of aromatic amines is 2. The SMILES string of the molecule is CS(=O)(=O)Nc1cc(C(=O)Nc2c(-c3ccccc3)[nH][nH]c2=O)ccc1Cl. The maximum atomic E-state index is 12.6. The Morgan fingerprint density at radius 2 is 1.78 bits per heavy atom. The van der Waals surface area contributed by atoms with Crippen LogP contribution >= 0.6 is 11.6 Å². The third-order valence-electron chi connectivity index (χ3n) is 3.60. The molecule has 0 fully saturated rings. The Morgan fingerprint density at radius 1 is 1.07 bits per heavy atom. The number of hydrogen-bond donors (Lipinski definition) is 4. The minimum atomic E-state index is -3.57. The van der Waals surface area contributed by atoms with Gasteiger partial charge in [-0.25, -0.2) is 8.42 Å². The molecule has 0 aliphatic rings. The van der Waals surface area contributed by atoms with Crippen LogP contribution in [0.3, 0.4) is 0 Å². The number of benzene rings is 2. The summed E-state index contributed by atoms with van der Waals surface area (Å²) in [6.07, 6.45) is 0.974. The molecule has 27 heavy (non-hydrogen) atoms. The van der Waals surface area contributed by atoms with Gasteiger partial charge in [0.25, 0.3) is 11.5 Å². The van der Waals surface area contributed by atoms with Crippen LogP contribution in [0.15, 0.2) is 53.3 Å². The van der Waals surface area contributed by atoms with Gasteiger partial charge in [-0.15, -0.1) is 0 Å². The number of H-pyrrole nitrogens is 2. The van der Waals surface area contributed by atoms with E-state index >= 15 is 0 Å². The summed E-state index contributed by atoms with van der Waals surface area (Å²) in [6, 6.07) is 13.1. The van der Waals surface area contributed by atoms with Crippen molar-refractivity contribution in [2.24, 2.45) is 0 Å². The summed E-state index contributed by atoms with van der Waals surface area (Å²) < 4.78 is 25.1. The van der Waals surface area contributed by atoms with E-state index in [1.165, 1.54) is 18.2 Å². The molecule has 0 aliphatic carbocycles. The number of aromatic nitrogens is 2. The van der Waals surface area contributed by atoms with Crippen LogP contribution in [-0.2, 0) is 10.0 Å². The summed E-state index contributed by atoms with van der Waals surface area (Å²) in [5, 5.41) is 7.86. The fourth-order valence-electron chi connectivity index (χ4n) is 2.43. The van der Waals surface area contributed by atoms with Gasteiger partial charge < -0.3 is 5.32 Å². The third-order valence-corrected chi connectivity index (χ3v) is 4.52.